The molecule has 0 radical (unpaired) electrons. The first-order valence-corrected chi connectivity index (χ1v) is 5.98. The normalized spacial score (nSPS) is 37.4. The van der Waals surface area contributed by atoms with Crippen LogP contribution < -0.4 is 0 Å². The van der Waals surface area contributed by atoms with Gasteiger partial charge in [-0.25, -0.2) is 0 Å². The lowest BCUT2D eigenvalue weighted by Crippen LogP contribution is -2.34. The van der Waals surface area contributed by atoms with E-state index in [1.165, 1.54) is 19.3 Å². The summed E-state index contributed by atoms with van der Waals surface area (Å²) in [6.07, 6.45) is 6.87. The van der Waals surface area contributed by atoms with Crippen LogP contribution in [0, 0.1) is 11.8 Å². The van der Waals surface area contributed by atoms with E-state index in [-0.39, 0.29) is 5.97 Å². The maximum atomic E-state index is 11.2. The summed E-state index contributed by atoms with van der Waals surface area (Å²) >= 11 is 0. The quantitative estimate of drug-likeness (QED) is 0.625. The lowest BCUT2D eigenvalue weighted by molar-refractivity contribution is -0.154. The number of esters is 1. The first kappa shape index (κ1) is 10.9. The lowest BCUT2D eigenvalue weighted by Gasteiger charge is -2.34. The standard InChI is InChI=1S/C12H20O3/c1-14-11-5-3-2-4-9-7-12(13)15-8-10(9)6-11/h9-11H,2-8H2,1H3/t9?,10-,11-/m1/s1. The summed E-state index contributed by atoms with van der Waals surface area (Å²) in [4.78, 5) is 11.2. The molecule has 3 heteroatoms. The molecular weight excluding hydrogens is 192 g/mol. The predicted molar refractivity (Wildman–Crippen MR) is 56.4 cm³/mol. The van der Waals surface area contributed by atoms with Crippen molar-refractivity contribution in [1.82, 2.24) is 0 Å². The summed E-state index contributed by atoms with van der Waals surface area (Å²) < 4.78 is 10.6. The van der Waals surface area contributed by atoms with Gasteiger partial charge in [0.1, 0.15) is 0 Å². The van der Waals surface area contributed by atoms with Gasteiger partial charge in [0.15, 0.2) is 0 Å². The molecule has 1 aliphatic carbocycles. The average Bonchev–Trinajstić information content (AvgIpc) is 2.21. The van der Waals surface area contributed by atoms with Gasteiger partial charge in [-0.15, -0.1) is 0 Å². The number of methoxy groups -OCH3 is 1. The smallest absolute Gasteiger partial charge is 0.306 e. The van der Waals surface area contributed by atoms with Crippen molar-refractivity contribution in [3.63, 3.8) is 0 Å². The topological polar surface area (TPSA) is 35.5 Å². The number of hydrogen-bond acceptors (Lipinski definition) is 3. The fourth-order valence-electron chi connectivity index (χ4n) is 2.82. The van der Waals surface area contributed by atoms with Crippen LogP contribution in [0.5, 0.6) is 0 Å². The van der Waals surface area contributed by atoms with Crippen LogP contribution in [0.2, 0.25) is 0 Å². The third-order valence-electron chi connectivity index (χ3n) is 3.80. The summed E-state index contributed by atoms with van der Waals surface area (Å²) in [5.74, 6) is 1.07. The number of carbonyl (C=O) groups is 1. The molecule has 0 amide bonds. The van der Waals surface area contributed by atoms with Crippen LogP contribution in [-0.4, -0.2) is 25.8 Å². The second-order valence-corrected chi connectivity index (χ2v) is 4.79. The fourth-order valence-corrected chi connectivity index (χ4v) is 2.82. The molecule has 0 spiro atoms. The molecule has 0 aromatic carbocycles. The van der Waals surface area contributed by atoms with Gasteiger partial charge in [0.05, 0.1) is 12.7 Å². The lowest BCUT2D eigenvalue weighted by atomic mass is 9.78. The van der Waals surface area contributed by atoms with Gasteiger partial charge >= 0.3 is 5.97 Å². The van der Waals surface area contributed by atoms with Crippen molar-refractivity contribution in [2.24, 2.45) is 11.8 Å². The molecule has 0 aromatic heterocycles. The molecule has 0 N–H and O–H groups in total. The van der Waals surface area contributed by atoms with Gasteiger partial charge < -0.3 is 9.47 Å². The maximum absolute atomic E-state index is 11.2. The minimum Gasteiger partial charge on any atom is -0.465 e. The van der Waals surface area contributed by atoms with E-state index in [9.17, 15) is 4.79 Å². The SMILES string of the molecule is CO[C@@H]1CCCCC2CC(=O)OC[C@H]2C1. The van der Waals surface area contributed by atoms with E-state index in [0.717, 1.165) is 12.8 Å². The van der Waals surface area contributed by atoms with E-state index >= 15 is 0 Å². The highest BCUT2D eigenvalue weighted by molar-refractivity contribution is 5.70. The Morgan fingerprint density at radius 1 is 1.27 bits per heavy atom. The molecule has 1 saturated carbocycles. The molecule has 2 rings (SSSR count). The first-order chi connectivity index (χ1) is 7.29. The van der Waals surface area contributed by atoms with Gasteiger partial charge in [-0.1, -0.05) is 12.8 Å². The summed E-state index contributed by atoms with van der Waals surface area (Å²) in [6, 6.07) is 0. The first-order valence-electron chi connectivity index (χ1n) is 5.98. The molecule has 1 unspecified atom stereocenters. The van der Waals surface area contributed by atoms with E-state index in [1.54, 1.807) is 7.11 Å². The second kappa shape index (κ2) is 4.97. The number of fused-ring (bicyclic) bond motifs is 1. The van der Waals surface area contributed by atoms with Crippen LogP contribution in [-0.2, 0) is 14.3 Å². The number of carbonyl (C=O) groups excluding carboxylic acids is 1. The molecule has 3 nitrogen and oxygen atoms in total. The fraction of sp³-hybridized carbons (Fsp3) is 0.917. The number of ether oxygens (including phenoxy) is 2. The van der Waals surface area contributed by atoms with Crippen LogP contribution >= 0.6 is 0 Å². The number of rotatable bonds is 1. The van der Waals surface area contributed by atoms with E-state index < -0.39 is 0 Å². The Morgan fingerprint density at radius 3 is 2.87 bits per heavy atom. The van der Waals surface area contributed by atoms with Crippen LogP contribution in [0.15, 0.2) is 0 Å². The molecule has 0 bridgehead atoms. The molecule has 1 saturated heterocycles. The third-order valence-corrected chi connectivity index (χ3v) is 3.80. The zero-order valence-corrected chi connectivity index (χ0v) is 9.41. The molecule has 2 aliphatic rings. The molecule has 2 fully saturated rings. The minimum atomic E-state index is -0.00853. The van der Waals surface area contributed by atoms with Gasteiger partial charge in [-0.2, -0.15) is 0 Å². The second-order valence-electron chi connectivity index (χ2n) is 4.79. The van der Waals surface area contributed by atoms with Crippen LogP contribution in [0.1, 0.15) is 38.5 Å². The predicted octanol–water partition coefficient (Wildman–Crippen LogP) is 2.14. The molecular formula is C12H20O3. The van der Waals surface area contributed by atoms with Gasteiger partial charge in [-0.05, 0) is 31.1 Å². The van der Waals surface area contributed by atoms with E-state index in [1.807, 2.05) is 0 Å². The van der Waals surface area contributed by atoms with Gasteiger partial charge in [0.2, 0.25) is 0 Å². The van der Waals surface area contributed by atoms with E-state index in [4.69, 9.17) is 9.47 Å². The zero-order valence-electron chi connectivity index (χ0n) is 9.41. The Kier molecular flexibility index (Phi) is 3.62. The van der Waals surface area contributed by atoms with E-state index in [0.29, 0.717) is 31.0 Å². The molecule has 3 atom stereocenters. The summed E-state index contributed by atoms with van der Waals surface area (Å²) in [6.45, 7) is 0.614. The van der Waals surface area contributed by atoms with Gasteiger partial charge in [0, 0.05) is 13.5 Å². The van der Waals surface area contributed by atoms with Crippen molar-refractivity contribution >= 4 is 5.97 Å². The van der Waals surface area contributed by atoms with Gasteiger partial charge in [0.25, 0.3) is 0 Å². The van der Waals surface area contributed by atoms with Crippen molar-refractivity contribution < 1.29 is 14.3 Å². The molecule has 1 aliphatic heterocycles. The third kappa shape index (κ3) is 2.71. The van der Waals surface area contributed by atoms with Gasteiger partial charge in [-0.3, -0.25) is 4.79 Å². The summed E-state index contributed by atoms with van der Waals surface area (Å²) in [5.41, 5.74) is 0. The average molecular weight is 212 g/mol. The number of hydrogen-bond donors (Lipinski definition) is 0. The highest BCUT2D eigenvalue weighted by Crippen LogP contribution is 2.34. The highest BCUT2D eigenvalue weighted by Gasteiger charge is 2.33. The Bertz CT molecular complexity index is 227. The Morgan fingerprint density at radius 2 is 2.07 bits per heavy atom. The van der Waals surface area contributed by atoms with Crippen molar-refractivity contribution in [2.45, 2.75) is 44.6 Å². The van der Waals surface area contributed by atoms with Crippen LogP contribution in [0.3, 0.4) is 0 Å². The monoisotopic (exact) mass is 212 g/mol. The molecule has 0 aromatic rings. The zero-order chi connectivity index (χ0) is 10.7. The van der Waals surface area contributed by atoms with Crippen molar-refractivity contribution in [2.75, 3.05) is 13.7 Å². The Hall–Kier alpha value is -0.570. The highest BCUT2D eigenvalue weighted by atomic mass is 16.5. The summed E-state index contributed by atoms with van der Waals surface area (Å²) in [5, 5.41) is 0. The molecule has 1 heterocycles. The van der Waals surface area contributed by atoms with E-state index in [2.05, 4.69) is 0 Å². The summed E-state index contributed by atoms with van der Waals surface area (Å²) in [7, 11) is 1.79. The van der Waals surface area contributed by atoms with Crippen LogP contribution in [0.4, 0.5) is 0 Å². The van der Waals surface area contributed by atoms with Crippen molar-refractivity contribution in [3.8, 4) is 0 Å². The molecule has 86 valence electrons. The Labute approximate surface area is 91.1 Å². The largest absolute Gasteiger partial charge is 0.465 e. The van der Waals surface area contributed by atoms with Crippen molar-refractivity contribution in [3.05, 3.63) is 0 Å². The number of cyclic esters (lactones) is 1. The van der Waals surface area contributed by atoms with Crippen molar-refractivity contribution in [1.29, 1.82) is 0 Å². The van der Waals surface area contributed by atoms with Crippen LogP contribution in [0.25, 0.3) is 0 Å². The minimum absolute atomic E-state index is 0.00853. The molecule has 15 heavy (non-hydrogen) atoms. The Balaban J connectivity index is 1.98. The maximum Gasteiger partial charge on any atom is 0.306 e.